The first kappa shape index (κ1) is 25.0. The molecule has 3 rings (SSSR count). The summed E-state index contributed by atoms with van der Waals surface area (Å²) in [5, 5.41) is 6.56. The molecule has 0 aliphatic rings. The average Bonchev–Trinajstić information content (AvgIpc) is 2.69. The fourth-order valence-corrected chi connectivity index (χ4v) is 1.89. The minimum Gasteiger partial charge on any atom is -0.480 e. The van der Waals surface area contributed by atoms with E-state index in [0.717, 1.165) is 12.1 Å². The molecule has 2 N–H and O–H groups in total. The predicted octanol–water partition coefficient (Wildman–Crippen LogP) is 5.24. The van der Waals surface area contributed by atoms with Gasteiger partial charge in [0.15, 0.2) is 0 Å². The Hall–Kier alpha value is -3.04. The van der Waals surface area contributed by atoms with Gasteiger partial charge in [-0.25, -0.2) is 0 Å². The molecule has 1 radical (unpaired) electrons. The number of hydrogen-bond donors (Lipinski definition) is 1. The van der Waals surface area contributed by atoms with E-state index in [1.807, 2.05) is 0 Å². The first-order chi connectivity index (χ1) is 13.7. The molecular formula is C19H12F5IrN5-2. The molecule has 0 saturated heterocycles. The van der Waals surface area contributed by atoms with Crippen LogP contribution < -0.4 is 0 Å². The molecule has 3 aromatic rings. The minimum atomic E-state index is -4.83. The summed E-state index contributed by atoms with van der Waals surface area (Å²) in [6.45, 7) is 0. The molecule has 0 aliphatic carbocycles. The Morgan fingerprint density at radius 1 is 1.03 bits per heavy atom. The van der Waals surface area contributed by atoms with Gasteiger partial charge < -0.3 is 21.1 Å². The summed E-state index contributed by atoms with van der Waals surface area (Å²) in [6, 6.07) is 13.9. The van der Waals surface area contributed by atoms with Crippen molar-refractivity contribution in [1.29, 1.82) is 5.41 Å². The second kappa shape index (κ2) is 11.2. The molecule has 2 heterocycles. The van der Waals surface area contributed by atoms with E-state index in [1.165, 1.54) is 18.3 Å². The Bertz CT molecular complexity index is 995. The van der Waals surface area contributed by atoms with Crippen LogP contribution in [0, 0.1) is 23.1 Å². The van der Waals surface area contributed by atoms with Crippen molar-refractivity contribution in [3.63, 3.8) is 0 Å². The van der Waals surface area contributed by atoms with Gasteiger partial charge in [-0.1, -0.05) is 29.8 Å². The van der Waals surface area contributed by atoms with Gasteiger partial charge >= 0.3 is 6.18 Å². The summed E-state index contributed by atoms with van der Waals surface area (Å²) < 4.78 is 61.5. The van der Waals surface area contributed by atoms with Crippen molar-refractivity contribution >= 4 is 11.7 Å². The molecule has 0 aliphatic heterocycles. The Labute approximate surface area is 181 Å². The Morgan fingerprint density at radius 3 is 2.17 bits per heavy atom. The van der Waals surface area contributed by atoms with Crippen LogP contribution in [-0.4, -0.2) is 27.8 Å². The predicted molar refractivity (Wildman–Crippen MR) is 97.3 cm³/mol. The van der Waals surface area contributed by atoms with E-state index < -0.39 is 29.5 Å². The van der Waals surface area contributed by atoms with Gasteiger partial charge in [-0.05, 0) is 29.7 Å². The second-order valence-corrected chi connectivity index (χ2v) is 5.28. The van der Waals surface area contributed by atoms with Gasteiger partial charge in [-0.3, -0.25) is 13.8 Å². The summed E-state index contributed by atoms with van der Waals surface area (Å²) in [5.41, 5.74) is 7.80. The number of amidine groups is 2. The van der Waals surface area contributed by atoms with E-state index in [1.54, 1.807) is 30.5 Å². The van der Waals surface area contributed by atoms with Gasteiger partial charge in [0.1, 0.15) is 5.84 Å². The Balaban J connectivity index is 0.000000291. The number of benzene rings is 1. The summed E-state index contributed by atoms with van der Waals surface area (Å²) in [6.07, 6.45) is -1.95. The molecule has 1 aromatic carbocycles. The van der Waals surface area contributed by atoms with Crippen molar-refractivity contribution in [1.82, 2.24) is 9.97 Å². The first-order valence-electron chi connectivity index (χ1n) is 7.84. The monoisotopic (exact) mass is 598 g/mol. The number of alkyl halides is 3. The number of rotatable bonds is 2. The molecule has 2 aromatic heterocycles. The zero-order valence-corrected chi connectivity index (χ0v) is 17.2. The van der Waals surface area contributed by atoms with E-state index >= 15 is 0 Å². The summed E-state index contributed by atoms with van der Waals surface area (Å²) in [7, 11) is 0. The van der Waals surface area contributed by atoms with Crippen molar-refractivity contribution in [2.45, 2.75) is 6.18 Å². The number of nitrogens with one attached hydrogen (secondary N) is 2. The van der Waals surface area contributed by atoms with Crippen LogP contribution in [-0.2, 0) is 20.1 Å². The van der Waals surface area contributed by atoms with Gasteiger partial charge in [0.25, 0.3) is 0 Å². The Kier molecular flexibility index (Phi) is 9.35. The number of hydrogen-bond acceptors (Lipinski definition) is 3. The fourth-order valence-electron chi connectivity index (χ4n) is 1.89. The van der Waals surface area contributed by atoms with Gasteiger partial charge in [0, 0.05) is 44.1 Å². The molecule has 0 fully saturated rings. The molecule has 5 nitrogen and oxygen atoms in total. The van der Waals surface area contributed by atoms with Crippen LogP contribution in [0.2, 0.25) is 0 Å². The number of aromatic nitrogens is 2. The maximum absolute atomic E-state index is 13.2. The SMILES string of the molecule is Fc1c[c-]c(-c2ccccn2)c(F)c1.N=C(N=C([NH-])c1ccccn1)C(F)(F)F.[Ir]. The Morgan fingerprint density at radius 2 is 1.67 bits per heavy atom. The molecule has 0 atom stereocenters. The van der Waals surface area contributed by atoms with Crippen LogP contribution in [0.5, 0.6) is 0 Å². The van der Waals surface area contributed by atoms with E-state index in [9.17, 15) is 22.0 Å². The summed E-state index contributed by atoms with van der Waals surface area (Å²) >= 11 is 0. The van der Waals surface area contributed by atoms with E-state index in [-0.39, 0.29) is 31.4 Å². The number of nitrogens with zero attached hydrogens (tertiary/aromatic N) is 3. The topological polar surface area (TPSA) is 85.8 Å². The van der Waals surface area contributed by atoms with E-state index in [0.29, 0.717) is 5.69 Å². The fraction of sp³-hybridized carbons (Fsp3) is 0.0526. The van der Waals surface area contributed by atoms with Crippen LogP contribution >= 0.6 is 0 Å². The molecule has 30 heavy (non-hydrogen) atoms. The third kappa shape index (κ3) is 7.41. The zero-order valence-electron chi connectivity index (χ0n) is 14.8. The van der Waals surface area contributed by atoms with Gasteiger partial charge in [-0.2, -0.15) is 13.2 Å². The average molecular weight is 598 g/mol. The smallest absolute Gasteiger partial charge is 0.429 e. The van der Waals surface area contributed by atoms with Crippen molar-refractivity contribution in [2.24, 2.45) is 4.99 Å². The molecular weight excluding hydrogens is 585 g/mol. The van der Waals surface area contributed by atoms with Crippen LogP contribution in [0.3, 0.4) is 0 Å². The van der Waals surface area contributed by atoms with Crippen LogP contribution in [0.4, 0.5) is 22.0 Å². The van der Waals surface area contributed by atoms with Crippen molar-refractivity contribution in [2.75, 3.05) is 0 Å². The third-order valence-corrected chi connectivity index (χ3v) is 3.18. The van der Waals surface area contributed by atoms with Crippen molar-refractivity contribution in [3.05, 3.63) is 90.1 Å². The summed E-state index contributed by atoms with van der Waals surface area (Å²) in [4.78, 5) is 10.4. The van der Waals surface area contributed by atoms with Crippen molar-refractivity contribution < 1.29 is 42.1 Å². The number of pyridine rings is 2. The molecule has 159 valence electrons. The molecule has 0 saturated carbocycles. The molecule has 0 unspecified atom stereocenters. The zero-order chi connectivity index (χ0) is 21.4. The first-order valence-corrected chi connectivity index (χ1v) is 7.84. The quantitative estimate of drug-likeness (QED) is 0.190. The van der Waals surface area contributed by atoms with E-state index in [2.05, 4.69) is 21.0 Å². The maximum atomic E-state index is 13.2. The summed E-state index contributed by atoms with van der Waals surface area (Å²) in [5.74, 6) is -3.78. The second-order valence-electron chi connectivity index (χ2n) is 5.28. The normalized spacial score (nSPS) is 11.0. The number of halogens is 5. The van der Waals surface area contributed by atoms with Gasteiger partial charge in [-0.15, -0.1) is 12.1 Å². The van der Waals surface area contributed by atoms with Gasteiger partial charge in [0.05, 0.1) is 5.69 Å². The molecule has 0 amide bonds. The third-order valence-electron chi connectivity index (χ3n) is 3.18. The van der Waals surface area contributed by atoms with Crippen LogP contribution in [0.1, 0.15) is 5.69 Å². The molecule has 11 heteroatoms. The molecule has 0 bridgehead atoms. The maximum Gasteiger partial charge on any atom is 0.429 e. The molecule has 0 spiro atoms. The standard InChI is InChI=1S/C11H6F2N.C8H6F3N4.Ir/c12-8-4-5-9(10(13)7-8)11-3-1-2-6-14-11;9-8(10,11)7(13)15-6(12)5-3-1-2-4-14-5;/h1-4,6-7H;1-4H,(H2-,12,13,15);/q2*-1;. The minimum absolute atomic E-state index is 0. The van der Waals surface area contributed by atoms with Crippen LogP contribution in [0.25, 0.3) is 17.0 Å². The largest absolute Gasteiger partial charge is 0.480 e. The number of aliphatic imine (C=N–C) groups is 1. The van der Waals surface area contributed by atoms with Gasteiger partial charge in [0.2, 0.25) is 0 Å². The van der Waals surface area contributed by atoms with Crippen LogP contribution in [0.15, 0.2) is 65.9 Å². The van der Waals surface area contributed by atoms with E-state index in [4.69, 9.17) is 11.1 Å². The van der Waals surface area contributed by atoms with Crippen molar-refractivity contribution in [3.8, 4) is 11.3 Å².